The first kappa shape index (κ1) is 13.0. The third kappa shape index (κ3) is 2.89. The molecular weight excluding hydrogens is 266 g/mol. The molecule has 7 heteroatoms. The molecule has 1 aromatic heterocycles. The highest BCUT2D eigenvalue weighted by Crippen LogP contribution is 2.20. The van der Waals surface area contributed by atoms with Crippen LogP contribution in [0, 0.1) is 0 Å². The molecule has 0 fully saturated rings. The molecule has 0 aliphatic carbocycles. The summed E-state index contributed by atoms with van der Waals surface area (Å²) in [5, 5.41) is 4.39. The van der Waals surface area contributed by atoms with Gasteiger partial charge >= 0.3 is 0 Å². The smallest absolute Gasteiger partial charge is 0.268 e. The summed E-state index contributed by atoms with van der Waals surface area (Å²) in [5.41, 5.74) is 5.60. The molecule has 0 aliphatic heterocycles. The number of methoxy groups -OCH3 is 1. The van der Waals surface area contributed by atoms with E-state index < -0.39 is 5.91 Å². The van der Waals surface area contributed by atoms with Gasteiger partial charge in [-0.1, -0.05) is 12.1 Å². The van der Waals surface area contributed by atoms with Crippen LogP contribution >= 0.6 is 11.3 Å². The van der Waals surface area contributed by atoms with E-state index in [1.807, 2.05) is 0 Å². The van der Waals surface area contributed by atoms with Crippen LogP contribution in [0.15, 0.2) is 29.6 Å². The lowest BCUT2D eigenvalue weighted by Gasteiger charge is -2.06. The largest absolute Gasteiger partial charge is 0.496 e. The van der Waals surface area contributed by atoms with E-state index in [0.29, 0.717) is 16.4 Å². The Balaban J connectivity index is 2.18. The Morgan fingerprint density at radius 1 is 1.37 bits per heavy atom. The minimum Gasteiger partial charge on any atom is -0.496 e. The van der Waals surface area contributed by atoms with Gasteiger partial charge in [0, 0.05) is 5.38 Å². The Bertz CT molecular complexity index is 624. The zero-order valence-corrected chi connectivity index (χ0v) is 10.9. The first-order valence-electron chi connectivity index (χ1n) is 5.31. The number of carbonyl (C=O) groups excluding carboxylic acids is 2. The zero-order chi connectivity index (χ0) is 13.8. The van der Waals surface area contributed by atoms with Gasteiger partial charge in [-0.15, -0.1) is 11.3 Å². The number of benzene rings is 1. The number of carbonyl (C=O) groups is 2. The van der Waals surface area contributed by atoms with Crippen molar-refractivity contribution in [3.8, 4) is 5.75 Å². The van der Waals surface area contributed by atoms with E-state index in [0.717, 1.165) is 11.3 Å². The maximum Gasteiger partial charge on any atom is 0.268 e. The van der Waals surface area contributed by atoms with E-state index in [9.17, 15) is 9.59 Å². The van der Waals surface area contributed by atoms with Crippen LogP contribution in [0.3, 0.4) is 0 Å². The molecule has 3 N–H and O–H groups in total. The van der Waals surface area contributed by atoms with Gasteiger partial charge in [-0.05, 0) is 12.1 Å². The van der Waals surface area contributed by atoms with E-state index in [4.69, 9.17) is 10.5 Å². The number of nitrogens with zero attached hydrogens (tertiary/aromatic N) is 1. The summed E-state index contributed by atoms with van der Waals surface area (Å²) in [6.07, 6.45) is 0. The normalized spacial score (nSPS) is 9.95. The van der Waals surface area contributed by atoms with Crippen LogP contribution in [-0.2, 0) is 0 Å². The monoisotopic (exact) mass is 277 g/mol. The van der Waals surface area contributed by atoms with Crippen LogP contribution in [0.1, 0.15) is 20.8 Å². The van der Waals surface area contributed by atoms with Gasteiger partial charge in [0.25, 0.3) is 11.8 Å². The molecule has 0 unspecified atom stereocenters. The summed E-state index contributed by atoms with van der Waals surface area (Å²) in [7, 11) is 1.49. The summed E-state index contributed by atoms with van der Waals surface area (Å²) in [6, 6.07) is 6.82. The maximum absolute atomic E-state index is 12.0. The summed E-state index contributed by atoms with van der Waals surface area (Å²) in [5.74, 6) is -0.524. The van der Waals surface area contributed by atoms with Gasteiger partial charge in [0.15, 0.2) is 5.13 Å². The van der Waals surface area contributed by atoms with Gasteiger partial charge in [-0.2, -0.15) is 0 Å². The Hall–Kier alpha value is -2.41. The van der Waals surface area contributed by atoms with Crippen LogP contribution in [-0.4, -0.2) is 23.9 Å². The molecule has 2 aromatic rings. The molecule has 19 heavy (non-hydrogen) atoms. The second-order valence-corrected chi connectivity index (χ2v) is 4.41. The SMILES string of the molecule is COc1ccccc1C(=O)Nc1nc(C(N)=O)cs1. The number of ether oxygens (including phenoxy) is 1. The quantitative estimate of drug-likeness (QED) is 0.885. The fourth-order valence-electron chi connectivity index (χ4n) is 1.44. The minimum absolute atomic E-state index is 0.125. The topological polar surface area (TPSA) is 94.3 Å². The van der Waals surface area contributed by atoms with Gasteiger partial charge in [0.1, 0.15) is 11.4 Å². The van der Waals surface area contributed by atoms with E-state index >= 15 is 0 Å². The number of nitrogens with two attached hydrogens (primary N) is 1. The predicted molar refractivity (Wildman–Crippen MR) is 71.6 cm³/mol. The van der Waals surface area contributed by atoms with Gasteiger partial charge in [0.2, 0.25) is 0 Å². The standard InChI is InChI=1S/C12H11N3O3S/c1-18-9-5-3-2-4-7(9)11(17)15-12-14-8(6-19-12)10(13)16/h2-6H,1H3,(H2,13,16)(H,14,15,17). The molecular formula is C12H11N3O3S. The first-order valence-corrected chi connectivity index (χ1v) is 6.19. The van der Waals surface area contributed by atoms with Crippen molar-refractivity contribution >= 4 is 28.3 Å². The van der Waals surface area contributed by atoms with Gasteiger partial charge in [0.05, 0.1) is 12.7 Å². The van der Waals surface area contributed by atoms with Gasteiger partial charge < -0.3 is 10.5 Å². The molecule has 0 saturated carbocycles. The Kier molecular flexibility index (Phi) is 3.76. The molecule has 0 atom stereocenters. The second kappa shape index (κ2) is 5.49. The van der Waals surface area contributed by atoms with Crippen molar-refractivity contribution in [2.24, 2.45) is 5.73 Å². The average Bonchev–Trinajstić information content (AvgIpc) is 2.87. The fraction of sp³-hybridized carbons (Fsp3) is 0.0833. The number of primary amides is 1. The van der Waals surface area contributed by atoms with Crippen LogP contribution < -0.4 is 15.8 Å². The number of rotatable bonds is 4. The third-order valence-electron chi connectivity index (χ3n) is 2.33. The number of hydrogen-bond acceptors (Lipinski definition) is 5. The molecule has 1 aromatic carbocycles. The summed E-state index contributed by atoms with van der Waals surface area (Å²) in [6.45, 7) is 0. The van der Waals surface area contributed by atoms with Crippen LogP contribution in [0.2, 0.25) is 0 Å². The fourth-order valence-corrected chi connectivity index (χ4v) is 2.14. The van der Waals surface area contributed by atoms with E-state index in [1.54, 1.807) is 24.3 Å². The van der Waals surface area contributed by atoms with Crippen molar-refractivity contribution in [3.05, 3.63) is 40.9 Å². The molecule has 98 valence electrons. The number of aromatic nitrogens is 1. The van der Waals surface area contributed by atoms with Crippen LogP contribution in [0.25, 0.3) is 0 Å². The summed E-state index contributed by atoms with van der Waals surface area (Å²) < 4.78 is 5.10. The summed E-state index contributed by atoms with van der Waals surface area (Å²) in [4.78, 5) is 26.8. The number of nitrogens with one attached hydrogen (secondary N) is 1. The van der Waals surface area contributed by atoms with Crippen LogP contribution in [0.4, 0.5) is 5.13 Å². The molecule has 6 nitrogen and oxygen atoms in total. The Morgan fingerprint density at radius 2 is 2.11 bits per heavy atom. The van der Waals surface area contributed by atoms with Crippen molar-refractivity contribution in [1.29, 1.82) is 0 Å². The molecule has 0 spiro atoms. The molecule has 1 heterocycles. The van der Waals surface area contributed by atoms with E-state index in [1.165, 1.54) is 12.5 Å². The number of thiazole rings is 1. The Morgan fingerprint density at radius 3 is 2.74 bits per heavy atom. The average molecular weight is 277 g/mol. The Labute approximate surface area is 113 Å². The summed E-state index contributed by atoms with van der Waals surface area (Å²) >= 11 is 1.13. The number of anilines is 1. The first-order chi connectivity index (χ1) is 9.11. The molecule has 0 aliphatic rings. The number of para-hydroxylation sites is 1. The minimum atomic E-state index is -0.631. The lowest BCUT2D eigenvalue weighted by Crippen LogP contribution is -2.14. The van der Waals surface area contributed by atoms with Crippen molar-refractivity contribution in [3.63, 3.8) is 0 Å². The number of hydrogen-bond donors (Lipinski definition) is 2. The van der Waals surface area contributed by atoms with E-state index in [-0.39, 0.29) is 11.6 Å². The zero-order valence-electron chi connectivity index (χ0n) is 10.0. The highest BCUT2D eigenvalue weighted by Gasteiger charge is 2.14. The lowest BCUT2D eigenvalue weighted by atomic mass is 10.2. The highest BCUT2D eigenvalue weighted by molar-refractivity contribution is 7.14. The third-order valence-corrected chi connectivity index (χ3v) is 3.09. The second-order valence-electron chi connectivity index (χ2n) is 3.56. The molecule has 2 rings (SSSR count). The lowest BCUT2D eigenvalue weighted by molar-refractivity contribution is 0.0991. The van der Waals surface area contributed by atoms with Crippen molar-refractivity contribution in [2.75, 3.05) is 12.4 Å². The van der Waals surface area contributed by atoms with Crippen molar-refractivity contribution in [1.82, 2.24) is 4.98 Å². The molecule has 0 bridgehead atoms. The predicted octanol–water partition coefficient (Wildman–Crippen LogP) is 1.50. The van der Waals surface area contributed by atoms with Crippen LogP contribution in [0.5, 0.6) is 5.75 Å². The van der Waals surface area contributed by atoms with Gasteiger partial charge in [-0.3, -0.25) is 14.9 Å². The molecule has 0 saturated heterocycles. The van der Waals surface area contributed by atoms with E-state index in [2.05, 4.69) is 10.3 Å². The molecule has 2 amide bonds. The van der Waals surface area contributed by atoms with Crippen molar-refractivity contribution in [2.45, 2.75) is 0 Å². The maximum atomic E-state index is 12.0. The number of amides is 2. The molecule has 0 radical (unpaired) electrons. The van der Waals surface area contributed by atoms with Gasteiger partial charge in [-0.25, -0.2) is 4.98 Å². The van der Waals surface area contributed by atoms with Crippen molar-refractivity contribution < 1.29 is 14.3 Å². The highest BCUT2D eigenvalue weighted by atomic mass is 32.1.